The molecule has 0 aliphatic carbocycles. The molecule has 1 heterocycles. The number of nitro groups is 1. The van der Waals surface area contributed by atoms with E-state index in [4.69, 9.17) is 0 Å². The Kier molecular flexibility index (Phi) is 5.08. The number of Topliss-reactive ketones (excluding diaryl/α,β-unsaturated/α-hetero) is 2. The Bertz CT molecular complexity index is 728. The fraction of sp³-hybridized carbons (Fsp3) is 0.222. The summed E-state index contributed by atoms with van der Waals surface area (Å²) in [6, 6.07) is 5.92. The van der Waals surface area contributed by atoms with Crippen LogP contribution >= 0.6 is 0 Å². The van der Waals surface area contributed by atoms with E-state index in [1.165, 1.54) is 26.0 Å². The molecule has 0 N–H and O–H groups in total. The van der Waals surface area contributed by atoms with Crippen LogP contribution in [0.15, 0.2) is 60.5 Å². The van der Waals surface area contributed by atoms with Gasteiger partial charge in [0.25, 0.3) is 5.69 Å². The first-order valence-electron chi connectivity index (χ1n) is 7.41. The Morgan fingerprint density at radius 2 is 1.67 bits per heavy atom. The molecule has 0 bridgehead atoms. The van der Waals surface area contributed by atoms with Crippen molar-refractivity contribution in [3.63, 3.8) is 0 Å². The molecule has 0 aromatic heterocycles. The minimum Gasteiger partial charge on any atom is -0.350 e. The quantitative estimate of drug-likeness (QED) is 0.456. The lowest BCUT2D eigenvalue weighted by molar-refractivity contribution is -0.384. The summed E-state index contributed by atoms with van der Waals surface area (Å²) < 4.78 is 0. The van der Waals surface area contributed by atoms with Gasteiger partial charge in [-0.1, -0.05) is 18.2 Å². The zero-order valence-electron chi connectivity index (χ0n) is 13.6. The zero-order valence-corrected chi connectivity index (χ0v) is 13.6. The minimum atomic E-state index is -0.526. The molecule has 0 fully saturated rings. The Morgan fingerprint density at radius 1 is 1.17 bits per heavy atom. The van der Waals surface area contributed by atoms with Crippen LogP contribution in [0.5, 0.6) is 0 Å². The predicted molar refractivity (Wildman–Crippen MR) is 90.3 cm³/mol. The molecular formula is C18H18N2O4. The van der Waals surface area contributed by atoms with Gasteiger partial charge < -0.3 is 4.90 Å². The summed E-state index contributed by atoms with van der Waals surface area (Å²) >= 11 is 0. The van der Waals surface area contributed by atoms with Gasteiger partial charge in [-0.3, -0.25) is 19.7 Å². The molecule has 0 amide bonds. The van der Waals surface area contributed by atoms with Crippen molar-refractivity contribution in [2.24, 2.45) is 0 Å². The number of rotatable bonds is 6. The monoisotopic (exact) mass is 326 g/mol. The molecule has 0 atom stereocenters. The summed E-state index contributed by atoms with van der Waals surface area (Å²) in [5.74, 6) is -0.833. The van der Waals surface area contributed by atoms with E-state index in [0.717, 1.165) is 0 Å². The summed E-state index contributed by atoms with van der Waals surface area (Å²) in [6.45, 7) is 7.02. The van der Waals surface area contributed by atoms with E-state index < -0.39 is 10.8 Å². The summed E-state index contributed by atoms with van der Waals surface area (Å²) in [6.07, 6.45) is 5.07. The summed E-state index contributed by atoms with van der Waals surface area (Å²) in [5.41, 5.74) is 1.57. The second-order valence-corrected chi connectivity index (χ2v) is 5.55. The van der Waals surface area contributed by atoms with Gasteiger partial charge in [-0.15, -0.1) is 6.58 Å². The second kappa shape index (κ2) is 7.04. The molecule has 6 heteroatoms. The number of hydrogen-bond acceptors (Lipinski definition) is 5. The third-order valence-electron chi connectivity index (χ3n) is 3.82. The number of ketones is 2. The van der Waals surface area contributed by atoms with E-state index >= 15 is 0 Å². The molecule has 2 rings (SSSR count). The molecule has 0 saturated heterocycles. The van der Waals surface area contributed by atoms with Crippen LogP contribution in [0.2, 0.25) is 0 Å². The Morgan fingerprint density at radius 3 is 2.04 bits per heavy atom. The van der Waals surface area contributed by atoms with Gasteiger partial charge in [-0.2, -0.15) is 0 Å². The van der Waals surface area contributed by atoms with E-state index in [2.05, 4.69) is 6.58 Å². The highest BCUT2D eigenvalue weighted by Crippen LogP contribution is 2.37. The number of nitrogens with zero attached hydrogens (tertiary/aromatic N) is 2. The first kappa shape index (κ1) is 17.3. The lowest BCUT2D eigenvalue weighted by Gasteiger charge is -2.29. The number of carbonyl (C=O) groups excluding carboxylic acids is 2. The van der Waals surface area contributed by atoms with E-state index in [1.54, 1.807) is 35.5 Å². The largest absolute Gasteiger partial charge is 0.350 e. The van der Waals surface area contributed by atoms with Crippen LogP contribution in [0.25, 0.3) is 0 Å². The predicted octanol–water partition coefficient (Wildman–Crippen LogP) is 3.13. The maximum absolute atomic E-state index is 12.1. The van der Waals surface area contributed by atoms with Gasteiger partial charge in [0.15, 0.2) is 11.6 Å². The third kappa shape index (κ3) is 3.48. The van der Waals surface area contributed by atoms with Crippen LogP contribution in [0.4, 0.5) is 5.69 Å². The van der Waals surface area contributed by atoms with Gasteiger partial charge in [-0.05, 0) is 19.4 Å². The van der Waals surface area contributed by atoms with Crippen LogP contribution in [-0.4, -0.2) is 27.9 Å². The van der Waals surface area contributed by atoms with Gasteiger partial charge >= 0.3 is 0 Å². The second-order valence-electron chi connectivity index (χ2n) is 5.55. The van der Waals surface area contributed by atoms with Gasteiger partial charge in [0.05, 0.1) is 4.92 Å². The molecule has 0 radical (unpaired) electrons. The molecule has 0 spiro atoms. The normalized spacial score (nSPS) is 14.7. The van der Waals surface area contributed by atoms with Crippen molar-refractivity contribution in [3.8, 4) is 0 Å². The number of nitro benzene ring substituents is 1. The highest BCUT2D eigenvalue weighted by atomic mass is 16.6. The molecule has 1 aromatic rings. The fourth-order valence-electron chi connectivity index (χ4n) is 2.70. The third-order valence-corrected chi connectivity index (χ3v) is 3.82. The summed E-state index contributed by atoms with van der Waals surface area (Å²) in [7, 11) is 0. The standard InChI is InChI=1S/C18H18N2O4/c1-4-9-19-10-16(12(2)21)18(17(11-19)13(3)22)14-5-7-15(8-6-14)20(23)24/h4-8,10-11,18H,1,9H2,2-3H3. The number of allylic oxidation sites excluding steroid dienone is 2. The first-order chi connectivity index (χ1) is 11.3. The van der Waals surface area contributed by atoms with Crippen LogP contribution in [-0.2, 0) is 9.59 Å². The van der Waals surface area contributed by atoms with Gasteiger partial charge in [0.2, 0.25) is 0 Å². The first-order valence-corrected chi connectivity index (χ1v) is 7.41. The molecule has 124 valence electrons. The molecular weight excluding hydrogens is 308 g/mol. The van der Waals surface area contributed by atoms with Crippen molar-refractivity contribution in [1.29, 1.82) is 0 Å². The molecule has 0 saturated carbocycles. The van der Waals surface area contributed by atoms with E-state index in [9.17, 15) is 19.7 Å². The van der Waals surface area contributed by atoms with Crippen LogP contribution < -0.4 is 0 Å². The van der Waals surface area contributed by atoms with Crippen molar-refractivity contribution in [2.45, 2.75) is 19.8 Å². The molecule has 1 aliphatic heterocycles. The summed E-state index contributed by atoms with van der Waals surface area (Å²) in [4.78, 5) is 36.3. The fourth-order valence-corrected chi connectivity index (χ4v) is 2.70. The number of non-ortho nitro benzene ring substituents is 1. The molecule has 6 nitrogen and oxygen atoms in total. The van der Waals surface area contributed by atoms with Gasteiger partial charge in [-0.25, -0.2) is 0 Å². The average Bonchev–Trinajstić information content (AvgIpc) is 2.54. The average molecular weight is 326 g/mol. The molecule has 0 unspecified atom stereocenters. The van der Waals surface area contributed by atoms with E-state index in [-0.39, 0.29) is 17.3 Å². The van der Waals surface area contributed by atoms with Crippen molar-refractivity contribution in [3.05, 3.63) is 76.1 Å². The lowest BCUT2D eigenvalue weighted by atomic mass is 9.80. The maximum Gasteiger partial charge on any atom is 0.269 e. The lowest BCUT2D eigenvalue weighted by Crippen LogP contribution is -2.26. The Hall–Kier alpha value is -3.02. The van der Waals surface area contributed by atoms with Gasteiger partial charge in [0.1, 0.15) is 0 Å². The highest BCUT2D eigenvalue weighted by Gasteiger charge is 2.31. The summed E-state index contributed by atoms with van der Waals surface area (Å²) in [5, 5.41) is 10.8. The van der Waals surface area contributed by atoms with Crippen molar-refractivity contribution in [2.75, 3.05) is 6.54 Å². The highest BCUT2D eigenvalue weighted by molar-refractivity contribution is 6.02. The van der Waals surface area contributed by atoms with E-state index in [0.29, 0.717) is 23.3 Å². The Balaban J connectivity index is 2.53. The van der Waals surface area contributed by atoms with Gasteiger partial charge in [0, 0.05) is 48.1 Å². The smallest absolute Gasteiger partial charge is 0.269 e. The molecule has 24 heavy (non-hydrogen) atoms. The van der Waals surface area contributed by atoms with Crippen LogP contribution in [0.3, 0.4) is 0 Å². The number of carbonyl (C=O) groups is 2. The SMILES string of the molecule is C=CCN1C=C(C(C)=O)C(c2ccc([N+](=O)[O-])cc2)C(C(C)=O)=C1. The molecule has 1 aliphatic rings. The Labute approximate surface area is 139 Å². The number of benzene rings is 1. The maximum atomic E-state index is 12.1. The topological polar surface area (TPSA) is 80.5 Å². The van der Waals surface area contributed by atoms with Crippen molar-refractivity contribution < 1.29 is 14.5 Å². The van der Waals surface area contributed by atoms with Crippen molar-refractivity contribution in [1.82, 2.24) is 4.90 Å². The molecule has 1 aromatic carbocycles. The van der Waals surface area contributed by atoms with Crippen LogP contribution in [0, 0.1) is 10.1 Å². The van der Waals surface area contributed by atoms with Crippen molar-refractivity contribution >= 4 is 17.3 Å². The zero-order chi connectivity index (χ0) is 17.9. The van der Waals surface area contributed by atoms with E-state index in [1.807, 2.05) is 0 Å². The van der Waals surface area contributed by atoms with Crippen LogP contribution in [0.1, 0.15) is 25.3 Å². The number of hydrogen-bond donors (Lipinski definition) is 0. The minimum absolute atomic E-state index is 0.0375.